The maximum absolute atomic E-state index is 5.85. The van der Waals surface area contributed by atoms with Crippen LogP contribution in [0.3, 0.4) is 0 Å². The van der Waals surface area contributed by atoms with Crippen molar-refractivity contribution in [1.82, 2.24) is 14.5 Å². The fourth-order valence-corrected chi connectivity index (χ4v) is 5.13. The van der Waals surface area contributed by atoms with Gasteiger partial charge in [-0.1, -0.05) is 18.6 Å². The van der Waals surface area contributed by atoms with E-state index in [1.54, 1.807) is 0 Å². The van der Waals surface area contributed by atoms with Crippen LogP contribution in [0.25, 0.3) is 11.0 Å². The summed E-state index contributed by atoms with van der Waals surface area (Å²) in [5.74, 6) is 1.21. The number of methoxy groups -OCH3 is 1. The number of para-hydroxylation sites is 2. The molecule has 2 aromatic rings. The highest BCUT2D eigenvalue weighted by molar-refractivity contribution is 5.75. The minimum absolute atomic E-state index is 0.385. The molecule has 2 aliphatic rings. The van der Waals surface area contributed by atoms with Gasteiger partial charge in [0, 0.05) is 25.6 Å². The van der Waals surface area contributed by atoms with E-state index in [1.165, 1.54) is 56.5 Å². The second-order valence-corrected chi connectivity index (χ2v) is 7.55. The van der Waals surface area contributed by atoms with Crippen LogP contribution in [0.2, 0.25) is 0 Å². The molecule has 24 heavy (non-hydrogen) atoms. The van der Waals surface area contributed by atoms with E-state index in [4.69, 9.17) is 9.72 Å². The predicted molar refractivity (Wildman–Crippen MR) is 97.0 cm³/mol. The van der Waals surface area contributed by atoms with Crippen molar-refractivity contribution in [3.63, 3.8) is 0 Å². The quantitative estimate of drug-likeness (QED) is 0.855. The molecule has 1 spiro atoms. The third kappa shape index (κ3) is 2.66. The number of fused-ring (bicyclic) bond motifs is 1. The molecule has 1 aromatic heterocycles. The molecule has 4 nitrogen and oxygen atoms in total. The highest BCUT2D eigenvalue weighted by atomic mass is 16.5. The lowest BCUT2D eigenvalue weighted by Gasteiger charge is -2.43. The zero-order valence-corrected chi connectivity index (χ0v) is 15.0. The van der Waals surface area contributed by atoms with Crippen LogP contribution in [0.4, 0.5) is 0 Å². The van der Waals surface area contributed by atoms with Gasteiger partial charge in [-0.15, -0.1) is 0 Å². The molecular weight excluding hydrogens is 298 g/mol. The van der Waals surface area contributed by atoms with Gasteiger partial charge >= 0.3 is 0 Å². The van der Waals surface area contributed by atoms with Gasteiger partial charge in [-0.3, -0.25) is 4.90 Å². The summed E-state index contributed by atoms with van der Waals surface area (Å²) in [4.78, 5) is 7.54. The van der Waals surface area contributed by atoms with Crippen LogP contribution in [0.5, 0.6) is 0 Å². The molecule has 1 saturated heterocycles. The molecule has 2 atom stereocenters. The molecule has 1 aliphatic heterocycles. The fourth-order valence-electron chi connectivity index (χ4n) is 5.13. The van der Waals surface area contributed by atoms with Gasteiger partial charge in [-0.25, -0.2) is 4.98 Å². The first kappa shape index (κ1) is 16.1. The second-order valence-electron chi connectivity index (χ2n) is 7.55. The Morgan fingerprint density at radius 3 is 2.92 bits per heavy atom. The third-order valence-electron chi connectivity index (χ3n) is 6.21. The van der Waals surface area contributed by atoms with Crippen LogP contribution in [0, 0.1) is 5.41 Å². The van der Waals surface area contributed by atoms with Gasteiger partial charge < -0.3 is 9.30 Å². The Hall–Kier alpha value is -1.39. The molecule has 130 valence electrons. The molecule has 1 saturated carbocycles. The van der Waals surface area contributed by atoms with Gasteiger partial charge in [-0.05, 0) is 51.3 Å². The van der Waals surface area contributed by atoms with Crippen molar-refractivity contribution in [1.29, 1.82) is 0 Å². The number of hydrogen-bond donors (Lipinski definition) is 0. The maximum atomic E-state index is 5.85. The van der Waals surface area contributed by atoms with Crippen LogP contribution in [0.15, 0.2) is 24.3 Å². The van der Waals surface area contributed by atoms with Gasteiger partial charge in [0.2, 0.25) is 0 Å². The van der Waals surface area contributed by atoms with Crippen molar-refractivity contribution in [3.05, 3.63) is 30.1 Å². The van der Waals surface area contributed by atoms with Gasteiger partial charge in [0.25, 0.3) is 0 Å². The second kappa shape index (κ2) is 6.49. The zero-order chi connectivity index (χ0) is 16.6. The van der Waals surface area contributed by atoms with Crippen molar-refractivity contribution in [2.45, 2.75) is 58.2 Å². The Labute approximate surface area is 144 Å². The third-order valence-corrected chi connectivity index (χ3v) is 6.21. The van der Waals surface area contributed by atoms with E-state index in [9.17, 15) is 0 Å². The smallest absolute Gasteiger partial charge is 0.124 e. The van der Waals surface area contributed by atoms with Crippen molar-refractivity contribution in [3.8, 4) is 0 Å². The SMILES string of the molecule is CCn1c(CN2CCC[C@]3(CCC[C@H]3OC)C2)nc2ccccc21. The average molecular weight is 327 g/mol. The fraction of sp³-hybridized carbons (Fsp3) is 0.650. The minimum Gasteiger partial charge on any atom is -0.381 e. The molecule has 0 unspecified atom stereocenters. The summed E-state index contributed by atoms with van der Waals surface area (Å²) in [7, 11) is 1.90. The van der Waals surface area contributed by atoms with E-state index in [2.05, 4.69) is 40.7 Å². The standard InChI is InChI=1S/C20H29N3O/c1-3-23-17-9-5-4-8-16(17)21-19(23)14-22-13-7-12-20(15-22)11-6-10-18(20)24-2/h4-5,8-9,18H,3,6-7,10-15H2,1-2H3/t18-,20-/m1/s1. The largest absolute Gasteiger partial charge is 0.381 e. The zero-order valence-electron chi connectivity index (χ0n) is 15.0. The normalized spacial score (nSPS) is 28.2. The van der Waals surface area contributed by atoms with Gasteiger partial charge in [0.15, 0.2) is 0 Å². The van der Waals surface area contributed by atoms with E-state index in [0.29, 0.717) is 11.5 Å². The van der Waals surface area contributed by atoms with Crippen molar-refractivity contribution in [2.75, 3.05) is 20.2 Å². The number of aromatic nitrogens is 2. The molecule has 4 rings (SSSR count). The molecule has 2 heterocycles. The molecular formula is C20H29N3O. The molecule has 0 amide bonds. The van der Waals surface area contributed by atoms with E-state index in [0.717, 1.165) is 18.6 Å². The summed E-state index contributed by atoms with van der Waals surface area (Å²) < 4.78 is 8.22. The van der Waals surface area contributed by atoms with E-state index < -0.39 is 0 Å². The summed E-state index contributed by atoms with van der Waals surface area (Å²) in [6.45, 7) is 6.51. The number of aryl methyl sites for hydroxylation is 1. The first-order valence-electron chi connectivity index (χ1n) is 9.45. The van der Waals surface area contributed by atoms with E-state index in [-0.39, 0.29) is 0 Å². The Morgan fingerprint density at radius 2 is 2.08 bits per heavy atom. The number of hydrogen-bond acceptors (Lipinski definition) is 3. The molecule has 1 aromatic carbocycles. The number of benzene rings is 1. The Balaban J connectivity index is 1.57. The van der Waals surface area contributed by atoms with Gasteiger partial charge in [0.05, 0.1) is 23.7 Å². The lowest BCUT2D eigenvalue weighted by molar-refractivity contribution is -0.0372. The van der Waals surface area contributed by atoms with Crippen LogP contribution >= 0.6 is 0 Å². The number of piperidine rings is 1. The molecule has 2 fully saturated rings. The Bertz CT molecular complexity index is 710. The number of rotatable bonds is 4. The molecule has 0 radical (unpaired) electrons. The molecule has 4 heteroatoms. The van der Waals surface area contributed by atoms with Gasteiger partial charge in [-0.2, -0.15) is 0 Å². The molecule has 1 aliphatic carbocycles. The van der Waals surface area contributed by atoms with Crippen LogP contribution in [-0.4, -0.2) is 40.8 Å². The topological polar surface area (TPSA) is 30.3 Å². The van der Waals surface area contributed by atoms with E-state index in [1.807, 2.05) is 7.11 Å². The summed E-state index contributed by atoms with van der Waals surface area (Å²) in [5.41, 5.74) is 2.77. The average Bonchev–Trinajstić information content (AvgIpc) is 3.15. The first-order valence-corrected chi connectivity index (χ1v) is 9.45. The highest BCUT2D eigenvalue weighted by Gasteiger charge is 2.45. The van der Waals surface area contributed by atoms with Crippen molar-refractivity contribution < 1.29 is 4.74 Å². The lowest BCUT2D eigenvalue weighted by Crippen LogP contribution is -2.47. The van der Waals surface area contributed by atoms with Gasteiger partial charge in [0.1, 0.15) is 5.82 Å². The number of nitrogens with zero attached hydrogens (tertiary/aromatic N) is 3. The van der Waals surface area contributed by atoms with Crippen LogP contribution in [0.1, 0.15) is 44.9 Å². The summed E-state index contributed by atoms with van der Waals surface area (Å²) in [5, 5.41) is 0. The number of imidazole rings is 1. The molecule has 0 bridgehead atoms. The van der Waals surface area contributed by atoms with E-state index >= 15 is 0 Å². The Kier molecular flexibility index (Phi) is 4.35. The number of ether oxygens (including phenoxy) is 1. The lowest BCUT2D eigenvalue weighted by atomic mass is 9.76. The predicted octanol–water partition coefficient (Wildman–Crippen LogP) is 3.84. The molecule has 0 N–H and O–H groups in total. The maximum Gasteiger partial charge on any atom is 0.124 e. The van der Waals surface area contributed by atoms with Crippen molar-refractivity contribution >= 4 is 11.0 Å². The summed E-state index contributed by atoms with van der Waals surface area (Å²) >= 11 is 0. The highest BCUT2D eigenvalue weighted by Crippen LogP contribution is 2.46. The minimum atomic E-state index is 0.385. The van der Waals surface area contributed by atoms with Crippen LogP contribution in [-0.2, 0) is 17.8 Å². The van der Waals surface area contributed by atoms with Crippen molar-refractivity contribution in [2.24, 2.45) is 5.41 Å². The first-order chi connectivity index (χ1) is 11.8. The summed E-state index contributed by atoms with van der Waals surface area (Å²) in [6, 6.07) is 8.50. The number of likely N-dealkylation sites (tertiary alicyclic amines) is 1. The Morgan fingerprint density at radius 1 is 1.25 bits per heavy atom. The monoisotopic (exact) mass is 327 g/mol. The summed E-state index contributed by atoms with van der Waals surface area (Å²) in [6.07, 6.45) is 6.94. The van der Waals surface area contributed by atoms with Crippen LogP contribution < -0.4 is 0 Å².